The van der Waals surface area contributed by atoms with Gasteiger partial charge in [0.15, 0.2) is 11.6 Å². The van der Waals surface area contributed by atoms with Crippen molar-refractivity contribution in [2.75, 3.05) is 29.9 Å². The number of hydrogen-bond donors (Lipinski definition) is 1. The Bertz CT molecular complexity index is 1110. The first-order valence-electron chi connectivity index (χ1n) is 10.6. The number of halogens is 4. The minimum Gasteiger partial charge on any atom is -0.493 e. The monoisotopic (exact) mass is 490 g/mol. The number of hydrogen-bond acceptors (Lipinski definition) is 3. The summed E-state index contributed by atoms with van der Waals surface area (Å²) in [5.74, 6) is -0.747. The molecular weight excluding hydrogens is 469 g/mol. The molecule has 1 heterocycles. The van der Waals surface area contributed by atoms with E-state index in [0.29, 0.717) is 41.7 Å². The number of amides is 1. The van der Waals surface area contributed by atoms with Crippen molar-refractivity contribution in [3.63, 3.8) is 0 Å². The number of carbonyl (C=O) groups is 1. The van der Waals surface area contributed by atoms with Crippen LogP contribution in [0.25, 0.3) is 0 Å². The summed E-state index contributed by atoms with van der Waals surface area (Å²) in [4.78, 5) is 14.1. The van der Waals surface area contributed by atoms with Crippen LogP contribution in [0.4, 0.5) is 20.2 Å². The maximum absolute atomic E-state index is 14.2. The summed E-state index contributed by atoms with van der Waals surface area (Å²) in [7, 11) is 0. The maximum atomic E-state index is 14.2. The zero-order valence-electron chi connectivity index (χ0n) is 17.7. The van der Waals surface area contributed by atoms with Gasteiger partial charge in [-0.25, -0.2) is 8.78 Å². The topological polar surface area (TPSA) is 41.6 Å². The average Bonchev–Trinajstić information content (AvgIpc) is 2.80. The van der Waals surface area contributed by atoms with E-state index in [9.17, 15) is 13.6 Å². The van der Waals surface area contributed by atoms with Crippen molar-refractivity contribution in [1.82, 2.24) is 0 Å². The lowest BCUT2D eigenvalue weighted by Crippen LogP contribution is -2.36. The second-order valence-electron chi connectivity index (χ2n) is 7.92. The molecule has 0 aliphatic carbocycles. The highest BCUT2D eigenvalue weighted by molar-refractivity contribution is 6.34. The van der Waals surface area contributed by atoms with Gasteiger partial charge in [-0.1, -0.05) is 41.4 Å². The number of ether oxygens (including phenoxy) is 1. The Morgan fingerprint density at radius 2 is 1.67 bits per heavy atom. The first kappa shape index (κ1) is 23.3. The summed E-state index contributed by atoms with van der Waals surface area (Å²) in [5.41, 5.74) is 0.960. The van der Waals surface area contributed by atoms with Gasteiger partial charge in [0.25, 0.3) is 5.91 Å². The second kappa shape index (κ2) is 10.4. The summed E-state index contributed by atoms with van der Waals surface area (Å²) >= 11 is 12.0. The van der Waals surface area contributed by atoms with Crippen LogP contribution in [0.3, 0.4) is 0 Å². The van der Waals surface area contributed by atoms with E-state index in [-0.39, 0.29) is 22.5 Å². The molecule has 0 saturated carbocycles. The van der Waals surface area contributed by atoms with Crippen molar-refractivity contribution in [3.8, 4) is 5.75 Å². The fourth-order valence-corrected chi connectivity index (χ4v) is 4.20. The molecule has 1 saturated heterocycles. The van der Waals surface area contributed by atoms with Gasteiger partial charge in [-0.05, 0) is 55.2 Å². The third kappa shape index (κ3) is 5.75. The zero-order valence-corrected chi connectivity index (χ0v) is 19.2. The number of nitrogens with zero attached hydrogens (tertiary/aromatic N) is 1. The quantitative estimate of drug-likeness (QED) is 0.412. The van der Waals surface area contributed by atoms with Crippen LogP contribution < -0.4 is 15.0 Å². The van der Waals surface area contributed by atoms with Crippen LogP contribution in [0, 0.1) is 17.6 Å². The number of nitrogens with one attached hydrogen (secondary N) is 1. The normalized spacial score (nSPS) is 14.2. The number of rotatable bonds is 6. The van der Waals surface area contributed by atoms with Crippen molar-refractivity contribution < 1.29 is 18.3 Å². The van der Waals surface area contributed by atoms with E-state index in [0.717, 1.165) is 25.0 Å². The Morgan fingerprint density at radius 3 is 2.33 bits per heavy atom. The van der Waals surface area contributed by atoms with E-state index < -0.39 is 11.6 Å². The van der Waals surface area contributed by atoms with Crippen LogP contribution in [0.5, 0.6) is 5.75 Å². The molecule has 0 aromatic heterocycles. The molecule has 8 heteroatoms. The molecule has 0 spiro atoms. The van der Waals surface area contributed by atoms with Gasteiger partial charge in [-0.15, -0.1) is 0 Å². The first-order valence-corrected chi connectivity index (χ1v) is 11.3. The van der Waals surface area contributed by atoms with Gasteiger partial charge >= 0.3 is 0 Å². The highest BCUT2D eigenvalue weighted by Gasteiger charge is 2.24. The van der Waals surface area contributed by atoms with Crippen LogP contribution in [0.1, 0.15) is 23.2 Å². The minimum atomic E-state index is -0.652. The third-order valence-electron chi connectivity index (χ3n) is 5.62. The largest absolute Gasteiger partial charge is 0.493 e. The lowest BCUT2D eigenvalue weighted by Gasteiger charge is -2.33. The van der Waals surface area contributed by atoms with Gasteiger partial charge in [0, 0.05) is 29.7 Å². The Kier molecular flexibility index (Phi) is 7.36. The Labute approximate surface area is 201 Å². The molecule has 1 aliphatic heterocycles. The predicted molar refractivity (Wildman–Crippen MR) is 128 cm³/mol. The molecule has 1 aliphatic rings. The number of piperidine rings is 1. The van der Waals surface area contributed by atoms with Gasteiger partial charge in [0.1, 0.15) is 11.4 Å². The molecule has 33 heavy (non-hydrogen) atoms. The molecule has 3 aromatic carbocycles. The highest BCUT2D eigenvalue weighted by atomic mass is 35.5. The standard InChI is InChI=1S/C25H22Cl2F2N2O2/c26-18-12-21(28)24(22(29)13-18)31-10-8-16(9-11-31)15-33-19-6-7-20(27)23(14-19)30-25(32)17-4-2-1-3-5-17/h1-7,12-14,16H,8-11,15H2,(H,30,32). The number of anilines is 2. The van der Waals surface area contributed by atoms with E-state index >= 15 is 0 Å². The van der Waals surface area contributed by atoms with Crippen molar-refractivity contribution in [1.29, 1.82) is 0 Å². The number of benzene rings is 3. The molecule has 4 rings (SSSR count). The van der Waals surface area contributed by atoms with E-state index in [4.69, 9.17) is 27.9 Å². The minimum absolute atomic E-state index is 0.0322. The van der Waals surface area contributed by atoms with E-state index in [2.05, 4.69) is 5.32 Å². The van der Waals surface area contributed by atoms with Crippen LogP contribution in [0.15, 0.2) is 60.7 Å². The van der Waals surface area contributed by atoms with Crippen LogP contribution in [0.2, 0.25) is 10.0 Å². The van der Waals surface area contributed by atoms with Crippen LogP contribution in [-0.2, 0) is 0 Å². The van der Waals surface area contributed by atoms with Gasteiger partial charge in [-0.2, -0.15) is 0 Å². The highest BCUT2D eigenvalue weighted by Crippen LogP contribution is 2.32. The summed E-state index contributed by atoms with van der Waals surface area (Å²) in [6, 6.07) is 16.2. The van der Waals surface area contributed by atoms with Crippen molar-refractivity contribution >= 4 is 40.5 Å². The summed E-state index contributed by atoms with van der Waals surface area (Å²) in [6.45, 7) is 1.48. The lowest BCUT2D eigenvalue weighted by atomic mass is 9.97. The molecule has 0 bridgehead atoms. The molecule has 172 valence electrons. The molecule has 4 nitrogen and oxygen atoms in total. The molecule has 1 amide bonds. The van der Waals surface area contributed by atoms with Crippen molar-refractivity contribution in [2.45, 2.75) is 12.8 Å². The first-order chi connectivity index (χ1) is 15.9. The summed E-state index contributed by atoms with van der Waals surface area (Å²) in [5, 5.41) is 3.26. The van der Waals surface area contributed by atoms with Crippen LogP contribution in [-0.4, -0.2) is 25.6 Å². The van der Waals surface area contributed by atoms with Crippen molar-refractivity contribution in [2.24, 2.45) is 5.92 Å². The maximum Gasteiger partial charge on any atom is 0.255 e. The van der Waals surface area contributed by atoms with Gasteiger partial charge in [-0.3, -0.25) is 4.79 Å². The van der Waals surface area contributed by atoms with E-state index in [1.165, 1.54) is 0 Å². The number of carbonyl (C=O) groups excluding carboxylic acids is 1. The molecular formula is C25H22Cl2F2N2O2. The predicted octanol–water partition coefficient (Wildman–Crippen LogP) is 6.82. The van der Waals surface area contributed by atoms with Gasteiger partial charge in [0.05, 0.1) is 17.3 Å². The summed E-state index contributed by atoms with van der Waals surface area (Å²) < 4.78 is 34.3. The second-order valence-corrected chi connectivity index (χ2v) is 8.76. The Hall–Kier alpha value is -2.83. The smallest absolute Gasteiger partial charge is 0.255 e. The van der Waals surface area contributed by atoms with Gasteiger partial charge in [0.2, 0.25) is 0 Å². The zero-order chi connectivity index (χ0) is 23.4. The average molecular weight is 491 g/mol. The fourth-order valence-electron chi connectivity index (χ4n) is 3.85. The van der Waals surface area contributed by atoms with Crippen LogP contribution >= 0.6 is 23.2 Å². The fraction of sp³-hybridized carbons (Fsp3) is 0.240. The molecule has 0 atom stereocenters. The van der Waals surface area contributed by atoms with Crippen molar-refractivity contribution in [3.05, 3.63) is 87.9 Å². The van der Waals surface area contributed by atoms with E-state index in [1.54, 1.807) is 47.4 Å². The Morgan fingerprint density at radius 1 is 1.00 bits per heavy atom. The SMILES string of the molecule is O=C(Nc1cc(OCC2CCN(c3c(F)cc(Cl)cc3F)CC2)ccc1Cl)c1ccccc1. The van der Waals surface area contributed by atoms with E-state index in [1.807, 2.05) is 6.07 Å². The van der Waals surface area contributed by atoms with Gasteiger partial charge < -0.3 is 15.0 Å². The lowest BCUT2D eigenvalue weighted by molar-refractivity contribution is 0.102. The molecule has 0 radical (unpaired) electrons. The molecule has 0 unspecified atom stereocenters. The third-order valence-corrected chi connectivity index (χ3v) is 6.17. The molecule has 1 N–H and O–H groups in total. The molecule has 3 aromatic rings. The molecule has 1 fully saturated rings. The summed E-state index contributed by atoms with van der Waals surface area (Å²) in [6.07, 6.45) is 1.46. The Balaban J connectivity index is 1.33.